The van der Waals surface area contributed by atoms with E-state index in [2.05, 4.69) is 10.6 Å². The van der Waals surface area contributed by atoms with Gasteiger partial charge in [0.25, 0.3) is 11.5 Å². The molecule has 0 unspecified atom stereocenters. The van der Waals surface area contributed by atoms with Crippen molar-refractivity contribution in [3.05, 3.63) is 110 Å². The van der Waals surface area contributed by atoms with Crippen LogP contribution in [0.5, 0.6) is 0 Å². The number of anilines is 1. The number of carbonyl (C=O) groups is 2. The normalized spacial score (nSPS) is 14.8. The van der Waals surface area contributed by atoms with Crippen molar-refractivity contribution in [3.63, 3.8) is 0 Å². The Balaban J connectivity index is 1.47. The molecule has 9 nitrogen and oxygen atoms in total. The molecule has 9 heteroatoms. The molecule has 0 bridgehead atoms. The van der Waals surface area contributed by atoms with Gasteiger partial charge in [0, 0.05) is 24.4 Å². The molecular weight excluding hydrogens is 508 g/mol. The monoisotopic (exact) mass is 540 g/mol. The summed E-state index contributed by atoms with van der Waals surface area (Å²) >= 11 is 0. The van der Waals surface area contributed by atoms with Crippen LogP contribution in [0, 0.1) is 6.92 Å². The Labute approximate surface area is 231 Å². The molecule has 3 aromatic carbocycles. The Morgan fingerprint density at radius 1 is 0.975 bits per heavy atom. The van der Waals surface area contributed by atoms with Crippen LogP contribution in [0.1, 0.15) is 34.3 Å². The number of aryl methyl sites for hydroxylation is 1. The number of rotatable bonds is 9. The fraction of sp³-hybridized carbons (Fsp3) is 0.290. The van der Waals surface area contributed by atoms with Crippen molar-refractivity contribution >= 4 is 28.4 Å². The maximum absolute atomic E-state index is 13.6. The van der Waals surface area contributed by atoms with Crippen LogP contribution in [0.15, 0.2) is 82.4 Å². The standard InChI is InChI=1S/C31H32N4O5/c1-21-8-5-6-12-26(21)33-28(36)20-34-27-18-23(29(37)32-16-15-22-9-3-2-4-10-22)13-14-25(27)30(38)35(31(34)39)19-24-11-7-17-40-24/h2-6,8-10,12-14,18,24H,7,11,15-17,19-20H2,1H3,(H,32,37)(H,33,36)/t24-/m1/s1. The predicted molar refractivity (Wildman–Crippen MR) is 154 cm³/mol. The van der Waals surface area contributed by atoms with Gasteiger partial charge in [-0.05, 0) is 61.6 Å². The Hall–Kier alpha value is -4.50. The minimum absolute atomic E-state index is 0.106. The van der Waals surface area contributed by atoms with Crippen molar-refractivity contribution in [2.75, 3.05) is 18.5 Å². The Morgan fingerprint density at radius 2 is 1.75 bits per heavy atom. The zero-order valence-electron chi connectivity index (χ0n) is 22.4. The number of para-hydroxylation sites is 1. The van der Waals surface area contributed by atoms with E-state index in [0.29, 0.717) is 30.8 Å². The second-order valence-corrected chi connectivity index (χ2v) is 10.0. The fourth-order valence-corrected chi connectivity index (χ4v) is 4.98. The Bertz CT molecular complexity index is 1650. The van der Waals surface area contributed by atoms with E-state index in [1.165, 1.54) is 10.6 Å². The van der Waals surface area contributed by atoms with Crippen molar-refractivity contribution in [3.8, 4) is 0 Å². The molecule has 0 saturated carbocycles. The van der Waals surface area contributed by atoms with Gasteiger partial charge in [0.2, 0.25) is 5.91 Å². The van der Waals surface area contributed by atoms with Crippen LogP contribution in [0.25, 0.3) is 10.9 Å². The molecule has 206 valence electrons. The molecule has 1 aliphatic heterocycles. The summed E-state index contributed by atoms with van der Waals surface area (Å²) in [5, 5.41) is 6.00. The number of fused-ring (bicyclic) bond motifs is 1. The van der Waals surface area contributed by atoms with Crippen molar-refractivity contribution in [2.24, 2.45) is 0 Å². The lowest BCUT2D eigenvalue weighted by atomic mass is 10.1. The Kier molecular flexibility index (Phi) is 8.21. The molecule has 1 atom stereocenters. The van der Waals surface area contributed by atoms with Crippen molar-refractivity contribution in [1.82, 2.24) is 14.5 Å². The van der Waals surface area contributed by atoms with Crippen LogP contribution in [0.4, 0.5) is 5.69 Å². The lowest BCUT2D eigenvalue weighted by Crippen LogP contribution is -2.43. The summed E-state index contributed by atoms with van der Waals surface area (Å²) in [4.78, 5) is 53.1. The number of hydrogen-bond donors (Lipinski definition) is 2. The molecule has 40 heavy (non-hydrogen) atoms. The van der Waals surface area contributed by atoms with Gasteiger partial charge in [-0.25, -0.2) is 4.79 Å². The zero-order valence-corrected chi connectivity index (χ0v) is 22.4. The molecule has 2 N–H and O–H groups in total. The number of carbonyl (C=O) groups excluding carboxylic acids is 2. The number of aromatic nitrogens is 2. The molecule has 2 heterocycles. The van der Waals surface area contributed by atoms with Crippen LogP contribution in [-0.2, 0) is 29.0 Å². The van der Waals surface area contributed by atoms with Crippen LogP contribution in [0.2, 0.25) is 0 Å². The van der Waals surface area contributed by atoms with Crippen molar-refractivity contribution in [2.45, 2.75) is 45.4 Å². The number of benzene rings is 3. The van der Waals surface area contributed by atoms with Gasteiger partial charge < -0.3 is 15.4 Å². The highest BCUT2D eigenvalue weighted by Gasteiger charge is 2.22. The van der Waals surface area contributed by atoms with Crippen LogP contribution >= 0.6 is 0 Å². The smallest absolute Gasteiger partial charge is 0.332 e. The molecule has 1 saturated heterocycles. The van der Waals surface area contributed by atoms with Gasteiger partial charge in [0.1, 0.15) is 6.54 Å². The maximum atomic E-state index is 13.6. The molecule has 1 aliphatic rings. The van der Waals surface area contributed by atoms with Gasteiger partial charge in [-0.15, -0.1) is 0 Å². The topological polar surface area (TPSA) is 111 Å². The predicted octanol–water partition coefficient (Wildman–Crippen LogP) is 3.26. The molecule has 0 spiro atoms. The minimum atomic E-state index is -0.616. The third-order valence-electron chi connectivity index (χ3n) is 7.16. The first-order valence-corrected chi connectivity index (χ1v) is 13.5. The van der Waals surface area contributed by atoms with E-state index in [4.69, 9.17) is 4.74 Å². The first-order chi connectivity index (χ1) is 19.4. The minimum Gasteiger partial charge on any atom is -0.376 e. The summed E-state index contributed by atoms with van der Waals surface area (Å²) < 4.78 is 8.07. The number of nitrogens with zero attached hydrogens (tertiary/aromatic N) is 2. The number of nitrogens with one attached hydrogen (secondary N) is 2. The second-order valence-electron chi connectivity index (χ2n) is 10.0. The summed E-state index contributed by atoms with van der Waals surface area (Å²) in [6.07, 6.45) is 2.03. The van der Waals surface area contributed by atoms with E-state index >= 15 is 0 Å². The zero-order chi connectivity index (χ0) is 28.1. The first-order valence-electron chi connectivity index (χ1n) is 13.5. The van der Waals surface area contributed by atoms with Gasteiger partial charge in [-0.3, -0.25) is 23.5 Å². The SMILES string of the molecule is Cc1ccccc1NC(=O)Cn1c(=O)n(C[C@H]2CCCO2)c(=O)c2ccc(C(=O)NCCc3ccccc3)cc21. The first kappa shape index (κ1) is 27.1. The summed E-state index contributed by atoms with van der Waals surface area (Å²) in [6, 6.07) is 21.8. The van der Waals surface area contributed by atoms with Crippen molar-refractivity contribution in [1.29, 1.82) is 0 Å². The third-order valence-corrected chi connectivity index (χ3v) is 7.16. The lowest BCUT2D eigenvalue weighted by molar-refractivity contribution is -0.116. The van der Waals surface area contributed by atoms with Crippen LogP contribution in [0.3, 0.4) is 0 Å². The largest absolute Gasteiger partial charge is 0.376 e. The molecule has 2 amide bonds. The molecule has 5 rings (SSSR count). The molecule has 0 aliphatic carbocycles. The molecule has 1 aromatic heterocycles. The summed E-state index contributed by atoms with van der Waals surface area (Å²) in [5.41, 5.74) is 2.05. The van der Waals surface area contributed by atoms with E-state index in [1.54, 1.807) is 18.2 Å². The van der Waals surface area contributed by atoms with E-state index in [-0.39, 0.29) is 36.0 Å². The average molecular weight is 541 g/mol. The Morgan fingerprint density at radius 3 is 2.50 bits per heavy atom. The van der Waals surface area contributed by atoms with Gasteiger partial charge in [-0.1, -0.05) is 48.5 Å². The van der Waals surface area contributed by atoms with Gasteiger partial charge in [0.05, 0.1) is 23.6 Å². The summed E-state index contributed by atoms with van der Waals surface area (Å²) in [7, 11) is 0. The van der Waals surface area contributed by atoms with E-state index in [0.717, 1.165) is 28.5 Å². The highest BCUT2D eigenvalue weighted by atomic mass is 16.5. The molecule has 0 radical (unpaired) electrons. The van der Waals surface area contributed by atoms with E-state index in [1.807, 2.05) is 55.5 Å². The summed E-state index contributed by atoms with van der Waals surface area (Å²) in [6.45, 7) is 2.67. The highest BCUT2D eigenvalue weighted by Crippen LogP contribution is 2.17. The molecule has 1 fully saturated rings. The van der Waals surface area contributed by atoms with Crippen molar-refractivity contribution < 1.29 is 14.3 Å². The average Bonchev–Trinajstić information content (AvgIpc) is 3.48. The maximum Gasteiger partial charge on any atom is 0.332 e. The highest BCUT2D eigenvalue weighted by molar-refractivity contribution is 5.98. The number of hydrogen-bond acceptors (Lipinski definition) is 5. The molecule has 4 aromatic rings. The third kappa shape index (κ3) is 6.05. The summed E-state index contributed by atoms with van der Waals surface area (Å²) in [5.74, 6) is -0.748. The van der Waals surface area contributed by atoms with E-state index < -0.39 is 17.2 Å². The van der Waals surface area contributed by atoms with E-state index in [9.17, 15) is 19.2 Å². The van der Waals surface area contributed by atoms with Gasteiger partial charge in [-0.2, -0.15) is 0 Å². The molecular formula is C31H32N4O5. The number of amides is 2. The second kappa shape index (κ2) is 12.1. The van der Waals surface area contributed by atoms with Gasteiger partial charge in [0.15, 0.2) is 0 Å². The van der Waals surface area contributed by atoms with Gasteiger partial charge >= 0.3 is 5.69 Å². The lowest BCUT2D eigenvalue weighted by Gasteiger charge is -2.17. The van der Waals surface area contributed by atoms with Crippen LogP contribution in [-0.4, -0.2) is 40.2 Å². The quantitative estimate of drug-likeness (QED) is 0.339. The fourth-order valence-electron chi connectivity index (χ4n) is 4.98. The van der Waals surface area contributed by atoms with Crippen LogP contribution < -0.4 is 21.9 Å². The number of ether oxygens (including phenoxy) is 1.